The first-order chi connectivity index (χ1) is 14.4. The van der Waals surface area contributed by atoms with Gasteiger partial charge >= 0.3 is 0 Å². The Morgan fingerprint density at radius 3 is 2.23 bits per heavy atom. The van der Waals surface area contributed by atoms with E-state index >= 15 is 0 Å². The lowest BCUT2D eigenvalue weighted by Crippen LogP contribution is -2.35. The average Bonchev–Trinajstić information content (AvgIpc) is 2.94. The molecule has 3 rings (SSSR count). The molecule has 0 bridgehead atoms. The molecule has 0 spiro atoms. The monoisotopic (exact) mass is 415 g/mol. The smallest absolute Gasteiger partial charge is 0.220 e. The number of methoxy groups -OCH3 is 4. The van der Waals surface area contributed by atoms with Crippen molar-refractivity contribution in [1.82, 2.24) is 5.32 Å². The van der Waals surface area contributed by atoms with Gasteiger partial charge in [0.25, 0.3) is 0 Å². The molecule has 8 nitrogen and oxygen atoms in total. The van der Waals surface area contributed by atoms with Crippen LogP contribution >= 0.6 is 0 Å². The molecule has 2 N–H and O–H groups in total. The second-order valence-electron chi connectivity index (χ2n) is 6.91. The molecule has 0 unspecified atom stereocenters. The minimum absolute atomic E-state index is 0.139. The molecule has 0 fully saturated rings. The Labute approximate surface area is 174 Å². The first-order valence-electron chi connectivity index (χ1n) is 9.35. The Morgan fingerprint density at radius 1 is 1.00 bits per heavy atom. The lowest BCUT2D eigenvalue weighted by molar-refractivity contribution is -0.120. The summed E-state index contributed by atoms with van der Waals surface area (Å²) >= 11 is 0. The van der Waals surface area contributed by atoms with E-state index in [9.17, 15) is 14.7 Å². The minimum Gasteiger partial charge on any atom is -0.493 e. The average molecular weight is 415 g/mol. The zero-order valence-electron chi connectivity index (χ0n) is 17.6. The number of rotatable bonds is 5. The van der Waals surface area contributed by atoms with Crippen molar-refractivity contribution in [2.24, 2.45) is 0 Å². The molecule has 8 heteroatoms. The van der Waals surface area contributed by atoms with Crippen LogP contribution in [0, 0.1) is 0 Å². The van der Waals surface area contributed by atoms with Crippen LogP contribution in [-0.4, -0.2) is 45.6 Å². The molecule has 2 atom stereocenters. The van der Waals surface area contributed by atoms with Crippen LogP contribution in [0.5, 0.6) is 23.0 Å². The number of amides is 1. The van der Waals surface area contributed by atoms with E-state index in [1.165, 1.54) is 41.4 Å². The molecule has 1 aliphatic rings. The van der Waals surface area contributed by atoms with Crippen molar-refractivity contribution in [2.75, 3.05) is 28.4 Å². The largest absolute Gasteiger partial charge is 0.493 e. The topological polar surface area (TPSA) is 103 Å². The number of hydrogen-bond donors (Lipinski definition) is 2. The molecule has 2 aromatic carbocycles. The van der Waals surface area contributed by atoms with Crippen molar-refractivity contribution in [3.63, 3.8) is 0 Å². The molecule has 0 saturated heterocycles. The van der Waals surface area contributed by atoms with Gasteiger partial charge in [0.15, 0.2) is 17.2 Å². The second-order valence-corrected chi connectivity index (χ2v) is 6.91. The van der Waals surface area contributed by atoms with E-state index in [-0.39, 0.29) is 23.5 Å². The van der Waals surface area contributed by atoms with Crippen LogP contribution in [0.15, 0.2) is 29.1 Å². The summed E-state index contributed by atoms with van der Waals surface area (Å²) in [4.78, 5) is 24.5. The van der Waals surface area contributed by atoms with Gasteiger partial charge in [0.05, 0.1) is 40.6 Å². The van der Waals surface area contributed by atoms with Crippen LogP contribution in [0.1, 0.15) is 24.1 Å². The molecule has 0 saturated carbocycles. The van der Waals surface area contributed by atoms with Gasteiger partial charge in [-0.1, -0.05) is 6.07 Å². The van der Waals surface area contributed by atoms with Gasteiger partial charge < -0.3 is 29.4 Å². The van der Waals surface area contributed by atoms with Crippen LogP contribution in [0.25, 0.3) is 11.1 Å². The summed E-state index contributed by atoms with van der Waals surface area (Å²) in [6, 6.07) is 5.61. The molecule has 160 valence electrons. The van der Waals surface area contributed by atoms with Gasteiger partial charge in [0.1, 0.15) is 0 Å². The summed E-state index contributed by atoms with van der Waals surface area (Å²) in [7, 11) is 5.93. The third-order valence-corrected chi connectivity index (χ3v) is 5.15. The molecule has 1 amide bonds. The highest BCUT2D eigenvalue weighted by Gasteiger charge is 2.34. The molecular formula is C22H25NO7. The van der Waals surface area contributed by atoms with E-state index in [0.717, 1.165) is 5.56 Å². The van der Waals surface area contributed by atoms with Crippen LogP contribution in [0.4, 0.5) is 0 Å². The second kappa shape index (κ2) is 8.62. The Balaban J connectivity index is 2.46. The number of aliphatic hydroxyl groups is 1. The van der Waals surface area contributed by atoms with Crippen molar-refractivity contribution < 1.29 is 28.8 Å². The molecule has 0 radical (unpaired) electrons. The first kappa shape index (κ1) is 21.4. The van der Waals surface area contributed by atoms with E-state index in [2.05, 4.69) is 5.32 Å². The lowest BCUT2D eigenvalue weighted by Gasteiger charge is -2.22. The number of ether oxygens (including phenoxy) is 4. The zero-order chi connectivity index (χ0) is 22.0. The predicted molar refractivity (Wildman–Crippen MR) is 111 cm³/mol. The lowest BCUT2D eigenvalue weighted by atomic mass is 9.95. The molecule has 0 aliphatic heterocycles. The highest BCUT2D eigenvalue weighted by Crippen LogP contribution is 2.50. The van der Waals surface area contributed by atoms with Gasteiger partial charge in [-0.2, -0.15) is 0 Å². The first-order valence-corrected chi connectivity index (χ1v) is 9.35. The van der Waals surface area contributed by atoms with Gasteiger partial charge in [-0.25, -0.2) is 0 Å². The summed E-state index contributed by atoms with van der Waals surface area (Å²) in [5.41, 5.74) is 2.07. The molecule has 1 aliphatic carbocycles. The Kier molecular flexibility index (Phi) is 6.17. The van der Waals surface area contributed by atoms with E-state index in [1.807, 2.05) is 0 Å². The number of hydrogen-bond acceptors (Lipinski definition) is 7. The number of aliphatic hydroxyl groups excluding tert-OH is 1. The fourth-order valence-corrected chi connectivity index (χ4v) is 3.89. The zero-order valence-corrected chi connectivity index (χ0v) is 17.6. The molecule has 0 aromatic heterocycles. The summed E-state index contributed by atoms with van der Waals surface area (Å²) in [5, 5.41) is 13.7. The minimum atomic E-state index is -0.996. The van der Waals surface area contributed by atoms with Crippen molar-refractivity contribution in [2.45, 2.75) is 25.5 Å². The standard InChI is InChI=1S/C22H25NO7/c1-11(24)23-20-14-10-15(25)17(27-2)7-6-13(14)19-12(8-16(20)26)9-18(28-3)21(29-4)22(19)30-5/h6-7,9-10,16,20,26H,8H2,1-5H3,(H,23,24)/t16-,20-/m1/s1. The van der Waals surface area contributed by atoms with E-state index in [0.29, 0.717) is 33.9 Å². The highest BCUT2D eigenvalue weighted by atomic mass is 16.5. The normalized spacial score (nSPS) is 17.1. The number of carbonyl (C=O) groups is 1. The Bertz CT molecular complexity index is 1030. The summed E-state index contributed by atoms with van der Waals surface area (Å²) in [5.74, 6) is 1.05. The number of nitrogens with one attached hydrogen (secondary N) is 1. The molecular weight excluding hydrogens is 390 g/mol. The van der Waals surface area contributed by atoms with Crippen molar-refractivity contribution >= 4 is 5.91 Å². The molecule has 2 aromatic rings. The van der Waals surface area contributed by atoms with Crippen LogP contribution < -0.4 is 29.7 Å². The van der Waals surface area contributed by atoms with Crippen molar-refractivity contribution in [3.8, 4) is 34.1 Å². The summed E-state index contributed by atoms with van der Waals surface area (Å²) in [6.07, 6.45) is -0.801. The van der Waals surface area contributed by atoms with Gasteiger partial charge in [0, 0.05) is 18.9 Å². The molecule has 30 heavy (non-hydrogen) atoms. The van der Waals surface area contributed by atoms with Gasteiger partial charge in [0.2, 0.25) is 17.1 Å². The Hall–Kier alpha value is -3.26. The third-order valence-electron chi connectivity index (χ3n) is 5.15. The van der Waals surface area contributed by atoms with Gasteiger partial charge in [-0.3, -0.25) is 9.59 Å². The number of benzene rings is 1. The SMILES string of the molecule is COc1cc2c(c(OC)c1OC)-c1ccc(OC)c(=O)cc1[C@@H](NC(C)=O)[C@H](O)C2. The van der Waals surface area contributed by atoms with Gasteiger partial charge in [-0.15, -0.1) is 0 Å². The Morgan fingerprint density at radius 2 is 1.67 bits per heavy atom. The van der Waals surface area contributed by atoms with Crippen LogP contribution in [-0.2, 0) is 11.2 Å². The van der Waals surface area contributed by atoms with Crippen molar-refractivity contribution in [1.29, 1.82) is 0 Å². The van der Waals surface area contributed by atoms with Crippen LogP contribution in [0.3, 0.4) is 0 Å². The maximum atomic E-state index is 12.7. The highest BCUT2D eigenvalue weighted by molar-refractivity contribution is 5.83. The van der Waals surface area contributed by atoms with E-state index in [4.69, 9.17) is 18.9 Å². The fourth-order valence-electron chi connectivity index (χ4n) is 3.89. The maximum Gasteiger partial charge on any atom is 0.220 e. The van der Waals surface area contributed by atoms with E-state index in [1.54, 1.807) is 18.2 Å². The quantitative estimate of drug-likeness (QED) is 0.768. The maximum absolute atomic E-state index is 12.7. The number of carbonyl (C=O) groups excluding carboxylic acids is 1. The van der Waals surface area contributed by atoms with E-state index < -0.39 is 12.1 Å². The van der Waals surface area contributed by atoms with Crippen LogP contribution in [0.2, 0.25) is 0 Å². The number of fused-ring (bicyclic) bond motifs is 3. The van der Waals surface area contributed by atoms with Crippen molar-refractivity contribution in [3.05, 3.63) is 45.6 Å². The molecule has 0 heterocycles. The summed E-state index contributed by atoms with van der Waals surface area (Å²) < 4.78 is 21.8. The summed E-state index contributed by atoms with van der Waals surface area (Å²) in [6.45, 7) is 1.36. The third kappa shape index (κ3) is 3.66. The van der Waals surface area contributed by atoms with Gasteiger partial charge in [-0.05, 0) is 34.9 Å². The predicted octanol–water partition coefficient (Wildman–Crippen LogP) is 1.84. The fraction of sp³-hybridized carbons (Fsp3) is 0.364.